The van der Waals surface area contributed by atoms with Gasteiger partial charge in [-0.1, -0.05) is 25.5 Å². The zero-order chi connectivity index (χ0) is 25.1. The molecule has 1 saturated heterocycles. The highest BCUT2D eigenvalue weighted by Crippen LogP contribution is 2.32. The smallest absolute Gasteiger partial charge is 0.194 e. The molecule has 1 fully saturated rings. The molecule has 0 N–H and O–H groups in total. The fourth-order valence-electron chi connectivity index (χ4n) is 3.84. The summed E-state index contributed by atoms with van der Waals surface area (Å²) < 4.78 is 99.8. The fourth-order valence-corrected chi connectivity index (χ4v) is 3.84. The molecule has 9 heteroatoms. The third-order valence-corrected chi connectivity index (χ3v) is 5.59. The van der Waals surface area contributed by atoms with Gasteiger partial charge in [0.1, 0.15) is 5.82 Å². The molecule has 0 spiro atoms. The summed E-state index contributed by atoms with van der Waals surface area (Å²) in [7, 11) is 0. The summed E-state index contributed by atoms with van der Waals surface area (Å²) in [5, 5.41) is 0. The number of aryl methyl sites for hydroxylation is 1. The van der Waals surface area contributed by atoms with Gasteiger partial charge in [0.2, 0.25) is 0 Å². The predicted molar refractivity (Wildman–Crippen MR) is 116 cm³/mol. The van der Waals surface area contributed by atoms with Crippen LogP contribution in [-0.2, 0) is 15.9 Å². The lowest BCUT2D eigenvalue weighted by Crippen LogP contribution is -2.31. The molecule has 35 heavy (non-hydrogen) atoms. The third-order valence-electron chi connectivity index (χ3n) is 5.59. The maximum Gasteiger partial charge on any atom is 0.194 e. The van der Waals surface area contributed by atoms with Gasteiger partial charge in [-0.25, -0.2) is 26.3 Å². The minimum absolute atomic E-state index is 0.0529. The maximum atomic E-state index is 14.7. The SMILES string of the molecule is CCCc1cc(F)c(OCC2COC(c3ccc(-c4cc(F)c(F)c(F)c4)c(F)c3)OC2)c(F)c1. The van der Waals surface area contributed by atoms with Crippen molar-refractivity contribution in [2.24, 2.45) is 5.92 Å². The van der Waals surface area contributed by atoms with Crippen LogP contribution in [0.15, 0.2) is 42.5 Å². The molecule has 0 bridgehead atoms. The van der Waals surface area contributed by atoms with E-state index in [1.54, 1.807) is 0 Å². The Morgan fingerprint density at radius 3 is 2.00 bits per heavy atom. The topological polar surface area (TPSA) is 27.7 Å². The first-order chi connectivity index (χ1) is 16.8. The molecule has 3 aromatic rings. The van der Waals surface area contributed by atoms with Gasteiger partial charge in [-0.2, -0.15) is 0 Å². The van der Waals surface area contributed by atoms with Gasteiger partial charge in [-0.05, 0) is 47.9 Å². The lowest BCUT2D eigenvalue weighted by molar-refractivity contribution is -0.208. The largest absolute Gasteiger partial charge is 0.487 e. The number of halogens is 6. The highest BCUT2D eigenvalue weighted by molar-refractivity contribution is 5.64. The molecule has 0 atom stereocenters. The number of hydrogen-bond acceptors (Lipinski definition) is 3. The first kappa shape index (κ1) is 25.1. The molecule has 186 valence electrons. The van der Waals surface area contributed by atoms with Crippen LogP contribution in [0.5, 0.6) is 5.75 Å². The second kappa shape index (κ2) is 10.7. The summed E-state index contributed by atoms with van der Waals surface area (Å²) in [6.45, 7) is 2.11. The average molecular weight is 496 g/mol. The van der Waals surface area contributed by atoms with E-state index in [0.29, 0.717) is 29.7 Å². The monoisotopic (exact) mass is 496 g/mol. The van der Waals surface area contributed by atoms with Crippen molar-refractivity contribution in [2.45, 2.75) is 26.1 Å². The Labute approximate surface area is 198 Å². The van der Waals surface area contributed by atoms with Gasteiger partial charge in [-0.15, -0.1) is 0 Å². The van der Waals surface area contributed by atoms with Gasteiger partial charge in [0, 0.05) is 17.0 Å². The third kappa shape index (κ3) is 5.62. The molecule has 0 saturated carbocycles. The van der Waals surface area contributed by atoms with E-state index in [2.05, 4.69) is 0 Å². The van der Waals surface area contributed by atoms with Gasteiger partial charge in [0.15, 0.2) is 41.1 Å². The van der Waals surface area contributed by atoms with Crippen molar-refractivity contribution in [3.63, 3.8) is 0 Å². The zero-order valence-corrected chi connectivity index (χ0v) is 18.7. The van der Waals surface area contributed by atoms with E-state index in [1.165, 1.54) is 24.3 Å². The van der Waals surface area contributed by atoms with Gasteiger partial charge in [-0.3, -0.25) is 0 Å². The molecular weight excluding hydrogens is 474 g/mol. The summed E-state index contributed by atoms with van der Waals surface area (Å²) in [5.41, 5.74) is 0.588. The number of benzene rings is 3. The first-order valence-electron chi connectivity index (χ1n) is 11.0. The van der Waals surface area contributed by atoms with E-state index in [-0.39, 0.29) is 36.9 Å². The normalized spacial score (nSPS) is 18.0. The molecule has 0 unspecified atom stereocenters. The van der Waals surface area contributed by atoms with Crippen molar-refractivity contribution in [2.75, 3.05) is 19.8 Å². The van der Waals surface area contributed by atoms with Crippen LogP contribution in [0.3, 0.4) is 0 Å². The summed E-state index contributed by atoms with van der Waals surface area (Å²) in [5.74, 6) is -7.62. The summed E-state index contributed by atoms with van der Waals surface area (Å²) in [6, 6.07) is 7.75. The first-order valence-corrected chi connectivity index (χ1v) is 11.0. The summed E-state index contributed by atoms with van der Waals surface area (Å²) in [4.78, 5) is 0. The molecule has 3 nitrogen and oxygen atoms in total. The molecule has 0 radical (unpaired) electrons. The van der Waals surface area contributed by atoms with E-state index in [0.717, 1.165) is 12.5 Å². The Hall–Kier alpha value is -3.04. The fraction of sp³-hybridized carbons (Fsp3) is 0.308. The standard InChI is InChI=1S/C26H22F6O3/c1-2-3-14-6-22(30)25(23(31)7-14)33-11-15-12-34-26(35-13-15)16-4-5-18(19(27)8-16)17-9-20(28)24(32)21(29)10-17/h4-10,15,26H,2-3,11-13H2,1H3. The number of rotatable bonds is 7. The molecule has 0 aromatic heterocycles. The van der Waals surface area contributed by atoms with Crippen molar-refractivity contribution < 1.29 is 40.6 Å². The number of ether oxygens (including phenoxy) is 3. The minimum atomic E-state index is -1.63. The van der Waals surface area contributed by atoms with E-state index in [1.807, 2.05) is 6.92 Å². The van der Waals surface area contributed by atoms with Crippen LogP contribution in [0.25, 0.3) is 11.1 Å². The molecule has 3 aromatic carbocycles. The van der Waals surface area contributed by atoms with Crippen molar-refractivity contribution in [1.29, 1.82) is 0 Å². The molecule has 0 amide bonds. The van der Waals surface area contributed by atoms with Crippen molar-refractivity contribution >= 4 is 0 Å². The summed E-state index contributed by atoms with van der Waals surface area (Å²) in [6.07, 6.45) is 0.393. The minimum Gasteiger partial charge on any atom is -0.487 e. The molecule has 0 aliphatic carbocycles. The van der Waals surface area contributed by atoms with Crippen LogP contribution in [0.4, 0.5) is 26.3 Å². The van der Waals surface area contributed by atoms with Crippen LogP contribution >= 0.6 is 0 Å². The van der Waals surface area contributed by atoms with E-state index in [9.17, 15) is 26.3 Å². The molecule has 1 heterocycles. The van der Waals surface area contributed by atoms with Gasteiger partial charge >= 0.3 is 0 Å². The average Bonchev–Trinajstić information content (AvgIpc) is 2.82. The molecule has 4 rings (SSSR count). The van der Waals surface area contributed by atoms with Crippen LogP contribution in [0.1, 0.15) is 30.8 Å². The molecular formula is C26H22F6O3. The molecule has 1 aliphatic rings. The zero-order valence-electron chi connectivity index (χ0n) is 18.7. The van der Waals surface area contributed by atoms with Gasteiger partial charge in [0.05, 0.1) is 19.8 Å². The van der Waals surface area contributed by atoms with Crippen molar-refractivity contribution in [3.8, 4) is 16.9 Å². The van der Waals surface area contributed by atoms with Gasteiger partial charge < -0.3 is 14.2 Å². The Balaban J connectivity index is 1.36. The van der Waals surface area contributed by atoms with E-state index in [4.69, 9.17) is 14.2 Å². The highest BCUT2D eigenvalue weighted by Gasteiger charge is 2.26. The lowest BCUT2D eigenvalue weighted by atomic mass is 10.0. The van der Waals surface area contributed by atoms with Crippen LogP contribution < -0.4 is 4.74 Å². The Morgan fingerprint density at radius 1 is 0.800 bits per heavy atom. The van der Waals surface area contributed by atoms with Crippen LogP contribution in [0, 0.1) is 40.8 Å². The van der Waals surface area contributed by atoms with Crippen LogP contribution in [0.2, 0.25) is 0 Å². The van der Waals surface area contributed by atoms with Crippen molar-refractivity contribution in [1.82, 2.24) is 0 Å². The predicted octanol–water partition coefficient (Wildman–Crippen LogP) is 6.88. The van der Waals surface area contributed by atoms with E-state index >= 15 is 0 Å². The van der Waals surface area contributed by atoms with E-state index < -0.39 is 46.9 Å². The summed E-state index contributed by atoms with van der Waals surface area (Å²) >= 11 is 0. The second-order valence-corrected chi connectivity index (χ2v) is 8.31. The van der Waals surface area contributed by atoms with Crippen molar-refractivity contribution in [3.05, 3.63) is 88.5 Å². The van der Waals surface area contributed by atoms with Gasteiger partial charge in [0.25, 0.3) is 0 Å². The number of hydrogen-bond donors (Lipinski definition) is 0. The Bertz CT molecular complexity index is 1160. The quantitative estimate of drug-likeness (QED) is 0.264. The highest BCUT2D eigenvalue weighted by atomic mass is 19.2. The Morgan fingerprint density at radius 2 is 1.43 bits per heavy atom. The maximum absolute atomic E-state index is 14.7. The lowest BCUT2D eigenvalue weighted by Gasteiger charge is -2.29. The Kier molecular flexibility index (Phi) is 7.66. The molecule has 1 aliphatic heterocycles. The second-order valence-electron chi connectivity index (χ2n) is 8.31. The van der Waals surface area contributed by atoms with Crippen LogP contribution in [-0.4, -0.2) is 19.8 Å².